The average molecular weight is 407 g/mol. The van der Waals surface area contributed by atoms with Crippen molar-refractivity contribution >= 4 is 29.2 Å². The number of ether oxygens (including phenoxy) is 1. The normalized spacial score (nSPS) is 11.6. The van der Waals surface area contributed by atoms with E-state index in [1.165, 1.54) is 12.1 Å². The molecule has 0 aliphatic heterocycles. The highest BCUT2D eigenvalue weighted by Crippen LogP contribution is 2.36. The molecule has 0 fully saturated rings. The van der Waals surface area contributed by atoms with Crippen LogP contribution in [0.25, 0.3) is 5.95 Å². The number of aromatic nitrogens is 5. The number of alkyl halides is 3. The summed E-state index contributed by atoms with van der Waals surface area (Å²) in [7, 11) is 0. The molecule has 0 aliphatic carbocycles. The number of aromatic amines is 1. The minimum absolute atomic E-state index is 0.0362. The minimum atomic E-state index is -5.00. The smallest absolute Gasteiger partial charge is 0.437 e. The first-order valence-corrected chi connectivity index (χ1v) is 7.42. The van der Waals surface area contributed by atoms with Gasteiger partial charge in [-0.1, -0.05) is 23.2 Å². The van der Waals surface area contributed by atoms with Crippen LogP contribution in [0.1, 0.15) is 5.69 Å². The monoisotopic (exact) mass is 406 g/mol. The van der Waals surface area contributed by atoms with E-state index in [9.17, 15) is 18.0 Å². The molecule has 3 N–H and O–H groups in total. The zero-order valence-electron chi connectivity index (χ0n) is 12.4. The van der Waals surface area contributed by atoms with Crippen molar-refractivity contribution in [2.45, 2.75) is 6.18 Å². The third-order valence-electron chi connectivity index (χ3n) is 3.02. The Bertz CT molecular complexity index is 1030. The van der Waals surface area contributed by atoms with E-state index in [4.69, 9.17) is 33.7 Å². The lowest BCUT2D eigenvalue weighted by Crippen LogP contribution is -2.23. The van der Waals surface area contributed by atoms with Gasteiger partial charge in [0.15, 0.2) is 5.69 Å². The van der Waals surface area contributed by atoms with Crippen LogP contribution in [0.5, 0.6) is 11.5 Å². The molecular weight excluding hydrogens is 400 g/mol. The van der Waals surface area contributed by atoms with E-state index < -0.39 is 29.1 Å². The van der Waals surface area contributed by atoms with Gasteiger partial charge < -0.3 is 10.5 Å². The van der Waals surface area contributed by atoms with Crippen LogP contribution in [0, 0.1) is 0 Å². The van der Waals surface area contributed by atoms with Gasteiger partial charge in [-0.05, 0) is 12.1 Å². The maximum absolute atomic E-state index is 13.4. The van der Waals surface area contributed by atoms with E-state index in [1.807, 2.05) is 0 Å². The number of nitrogens with two attached hydrogens (primary N) is 1. The third-order valence-corrected chi connectivity index (χ3v) is 3.76. The minimum Gasteiger partial charge on any atom is -0.449 e. The quantitative estimate of drug-likeness (QED) is 0.691. The number of hydrogen-bond donors (Lipinski definition) is 2. The molecule has 0 spiro atoms. The van der Waals surface area contributed by atoms with E-state index in [2.05, 4.69) is 20.1 Å². The molecule has 136 valence electrons. The largest absolute Gasteiger partial charge is 0.449 e. The molecule has 2 aromatic heterocycles. The van der Waals surface area contributed by atoms with Crippen molar-refractivity contribution < 1.29 is 17.9 Å². The van der Waals surface area contributed by atoms with Crippen LogP contribution in [0.2, 0.25) is 10.0 Å². The maximum atomic E-state index is 13.4. The Balaban J connectivity index is 2.14. The molecular formula is C13H7Cl2F3N6O2. The summed E-state index contributed by atoms with van der Waals surface area (Å²) in [5.74, 6) is -2.04. The Morgan fingerprint density at radius 3 is 2.54 bits per heavy atom. The molecule has 0 radical (unpaired) electrons. The predicted molar refractivity (Wildman–Crippen MR) is 85.7 cm³/mol. The van der Waals surface area contributed by atoms with Crippen LogP contribution < -0.4 is 16.0 Å². The Labute approximate surface area is 152 Å². The van der Waals surface area contributed by atoms with Crippen molar-refractivity contribution in [1.82, 2.24) is 24.7 Å². The third kappa shape index (κ3) is 3.44. The first-order valence-electron chi connectivity index (χ1n) is 6.67. The molecule has 3 aromatic rings. The Hall–Kier alpha value is -2.79. The highest BCUT2D eigenvalue weighted by atomic mass is 35.5. The molecule has 0 bridgehead atoms. The number of halogens is 5. The van der Waals surface area contributed by atoms with E-state index >= 15 is 0 Å². The highest BCUT2D eigenvalue weighted by molar-refractivity contribution is 6.42. The van der Waals surface area contributed by atoms with Gasteiger partial charge >= 0.3 is 6.18 Å². The standard InChI is InChI=1S/C13H7Cl2F3N6O2/c14-6-2-1-5(3-7(6)15)26-8-9(13(16,17)18)22-12(23-10(8)25)24-11(19)20-4-21-24/h1-4H,(H2,19,20,21)(H,22,23,25). The SMILES string of the molecule is Nc1ncnn1-c1nc(C(F)(F)F)c(Oc2ccc(Cl)c(Cl)c2)c(=O)[nH]1. The van der Waals surface area contributed by atoms with Crippen LogP contribution in [0.4, 0.5) is 19.1 Å². The fourth-order valence-electron chi connectivity index (χ4n) is 1.91. The van der Waals surface area contributed by atoms with Crippen molar-refractivity contribution in [2.75, 3.05) is 5.73 Å². The summed E-state index contributed by atoms with van der Waals surface area (Å²) in [5, 5.41) is 3.79. The Morgan fingerprint density at radius 2 is 1.96 bits per heavy atom. The van der Waals surface area contributed by atoms with Crippen LogP contribution in [0.3, 0.4) is 0 Å². The summed E-state index contributed by atoms with van der Waals surface area (Å²) in [5.41, 5.74) is 2.68. The number of rotatable bonds is 3. The van der Waals surface area contributed by atoms with Gasteiger partial charge in [-0.15, -0.1) is 0 Å². The second-order valence-electron chi connectivity index (χ2n) is 4.77. The zero-order valence-corrected chi connectivity index (χ0v) is 13.9. The number of H-pyrrole nitrogens is 1. The van der Waals surface area contributed by atoms with Crippen molar-refractivity contribution in [1.29, 1.82) is 0 Å². The van der Waals surface area contributed by atoms with Crippen LogP contribution in [0.15, 0.2) is 29.3 Å². The van der Waals surface area contributed by atoms with E-state index in [1.54, 1.807) is 0 Å². The molecule has 0 saturated heterocycles. The molecule has 2 heterocycles. The van der Waals surface area contributed by atoms with Gasteiger partial charge in [0.1, 0.15) is 12.1 Å². The summed E-state index contributed by atoms with van der Waals surface area (Å²) in [6, 6.07) is 3.71. The zero-order chi connectivity index (χ0) is 19.1. The van der Waals surface area contributed by atoms with Crippen molar-refractivity contribution in [3.05, 3.63) is 50.6 Å². The van der Waals surface area contributed by atoms with E-state index in [-0.39, 0.29) is 21.7 Å². The van der Waals surface area contributed by atoms with Gasteiger partial charge in [-0.3, -0.25) is 9.78 Å². The van der Waals surface area contributed by atoms with Gasteiger partial charge in [0.25, 0.3) is 5.56 Å². The molecule has 0 aliphatic rings. The number of nitrogens with one attached hydrogen (secondary N) is 1. The van der Waals surface area contributed by atoms with Gasteiger partial charge in [0.05, 0.1) is 10.0 Å². The molecule has 3 rings (SSSR count). The number of hydrogen-bond acceptors (Lipinski definition) is 6. The summed E-state index contributed by atoms with van der Waals surface area (Å²) in [4.78, 5) is 21.2. The summed E-state index contributed by atoms with van der Waals surface area (Å²) < 4.78 is 45.9. The molecule has 8 nitrogen and oxygen atoms in total. The van der Waals surface area contributed by atoms with Crippen molar-refractivity contribution in [3.63, 3.8) is 0 Å². The van der Waals surface area contributed by atoms with Gasteiger partial charge in [-0.2, -0.15) is 27.9 Å². The summed E-state index contributed by atoms with van der Waals surface area (Å²) >= 11 is 11.5. The topological polar surface area (TPSA) is 112 Å². The van der Waals surface area contributed by atoms with Gasteiger partial charge in [0, 0.05) is 6.07 Å². The average Bonchev–Trinajstić information content (AvgIpc) is 2.97. The van der Waals surface area contributed by atoms with Gasteiger partial charge in [-0.25, -0.2) is 4.98 Å². The lowest BCUT2D eigenvalue weighted by atomic mass is 10.3. The lowest BCUT2D eigenvalue weighted by Gasteiger charge is -2.13. The van der Waals surface area contributed by atoms with E-state index in [0.717, 1.165) is 17.1 Å². The fraction of sp³-hybridized carbons (Fsp3) is 0.0769. The second kappa shape index (κ2) is 6.50. The van der Waals surface area contributed by atoms with Crippen molar-refractivity contribution in [3.8, 4) is 17.4 Å². The molecule has 1 aromatic carbocycles. The highest BCUT2D eigenvalue weighted by Gasteiger charge is 2.39. The van der Waals surface area contributed by atoms with Gasteiger partial charge in [0.2, 0.25) is 17.6 Å². The maximum Gasteiger partial charge on any atom is 0.437 e. The van der Waals surface area contributed by atoms with E-state index in [0.29, 0.717) is 0 Å². The molecule has 26 heavy (non-hydrogen) atoms. The molecule has 0 atom stereocenters. The molecule has 0 unspecified atom stereocenters. The first kappa shape index (κ1) is 18.0. The number of nitrogen functional groups attached to an aromatic ring is 1. The molecule has 0 saturated carbocycles. The number of anilines is 1. The summed E-state index contributed by atoms with van der Waals surface area (Å²) in [6.45, 7) is 0. The summed E-state index contributed by atoms with van der Waals surface area (Å²) in [6.07, 6.45) is -4.01. The predicted octanol–water partition coefficient (Wildman–Crippen LogP) is 3.05. The Kier molecular flexibility index (Phi) is 4.50. The first-order chi connectivity index (χ1) is 12.2. The Morgan fingerprint density at radius 1 is 1.23 bits per heavy atom. The molecule has 0 amide bonds. The fourth-order valence-corrected chi connectivity index (χ4v) is 2.20. The molecule has 13 heteroatoms. The van der Waals surface area contributed by atoms with Crippen LogP contribution in [-0.2, 0) is 6.18 Å². The lowest BCUT2D eigenvalue weighted by molar-refractivity contribution is -0.142. The van der Waals surface area contributed by atoms with Crippen LogP contribution in [-0.4, -0.2) is 24.7 Å². The second-order valence-corrected chi connectivity index (χ2v) is 5.59. The van der Waals surface area contributed by atoms with Crippen molar-refractivity contribution in [2.24, 2.45) is 0 Å². The number of benzene rings is 1. The van der Waals surface area contributed by atoms with Crippen LogP contribution >= 0.6 is 23.2 Å². The number of nitrogens with zero attached hydrogens (tertiary/aromatic N) is 4.